The van der Waals surface area contributed by atoms with Crippen molar-refractivity contribution >= 4 is 38.6 Å². The SMILES string of the molecule is O=C(Nc1ccc2oc(-c3cccc(Br)c3)nc2c1)c1cccnc1. The summed E-state index contributed by atoms with van der Waals surface area (Å²) in [5.41, 5.74) is 3.37. The summed E-state index contributed by atoms with van der Waals surface area (Å²) in [7, 11) is 0. The standard InChI is InChI=1S/C19H12BrN3O2/c20-14-5-1-3-12(9-14)19-23-16-10-15(6-7-17(16)25-19)22-18(24)13-4-2-8-21-11-13/h1-11H,(H,22,24). The molecule has 0 atom stereocenters. The number of oxazole rings is 1. The Kier molecular flexibility index (Phi) is 4.03. The van der Waals surface area contributed by atoms with E-state index in [9.17, 15) is 4.79 Å². The van der Waals surface area contributed by atoms with Crippen molar-refractivity contribution in [1.29, 1.82) is 0 Å². The summed E-state index contributed by atoms with van der Waals surface area (Å²) in [6.45, 7) is 0. The first kappa shape index (κ1) is 15.5. The van der Waals surface area contributed by atoms with E-state index >= 15 is 0 Å². The molecule has 0 aliphatic heterocycles. The Morgan fingerprint density at radius 1 is 1.08 bits per heavy atom. The van der Waals surface area contributed by atoms with Crippen LogP contribution in [-0.4, -0.2) is 15.9 Å². The van der Waals surface area contributed by atoms with E-state index < -0.39 is 0 Å². The highest BCUT2D eigenvalue weighted by Crippen LogP contribution is 2.27. The number of carbonyl (C=O) groups is 1. The zero-order valence-electron chi connectivity index (χ0n) is 12.9. The van der Waals surface area contributed by atoms with Crippen molar-refractivity contribution in [3.8, 4) is 11.5 Å². The molecule has 122 valence electrons. The van der Waals surface area contributed by atoms with Gasteiger partial charge in [0.05, 0.1) is 5.56 Å². The van der Waals surface area contributed by atoms with Gasteiger partial charge in [-0.2, -0.15) is 0 Å². The summed E-state index contributed by atoms with van der Waals surface area (Å²) in [4.78, 5) is 20.7. The van der Waals surface area contributed by atoms with Crippen LogP contribution in [0.4, 0.5) is 5.69 Å². The summed E-state index contributed by atoms with van der Waals surface area (Å²) in [6, 6.07) is 16.5. The molecule has 0 unspecified atom stereocenters. The van der Waals surface area contributed by atoms with Gasteiger partial charge in [-0.3, -0.25) is 9.78 Å². The van der Waals surface area contributed by atoms with Gasteiger partial charge in [-0.25, -0.2) is 4.98 Å². The van der Waals surface area contributed by atoms with Crippen LogP contribution in [0.25, 0.3) is 22.6 Å². The number of hydrogen-bond acceptors (Lipinski definition) is 4. The minimum atomic E-state index is -0.219. The first-order valence-electron chi connectivity index (χ1n) is 7.57. The first-order chi connectivity index (χ1) is 12.2. The van der Waals surface area contributed by atoms with Crippen LogP contribution < -0.4 is 5.32 Å². The quantitative estimate of drug-likeness (QED) is 0.537. The second-order valence-electron chi connectivity index (χ2n) is 5.41. The third-order valence-corrected chi connectivity index (χ3v) is 4.13. The molecule has 1 amide bonds. The predicted octanol–water partition coefficient (Wildman–Crippen LogP) is 4.90. The number of halogens is 1. The zero-order valence-corrected chi connectivity index (χ0v) is 14.5. The molecule has 5 nitrogen and oxygen atoms in total. The average molecular weight is 394 g/mol. The highest BCUT2D eigenvalue weighted by atomic mass is 79.9. The van der Waals surface area contributed by atoms with E-state index in [-0.39, 0.29) is 5.91 Å². The van der Waals surface area contributed by atoms with Gasteiger partial charge in [0.1, 0.15) is 5.52 Å². The molecule has 2 heterocycles. The van der Waals surface area contributed by atoms with Gasteiger partial charge in [-0.1, -0.05) is 22.0 Å². The Bertz CT molecular complexity index is 1060. The molecular formula is C19H12BrN3O2. The summed E-state index contributed by atoms with van der Waals surface area (Å²) >= 11 is 3.44. The highest BCUT2D eigenvalue weighted by Gasteiger charge is 2.11. The Balaban J connectivity index is 1.63. The zero-order chi connectivity index (χ0) is 17.2. The Labute approximate surface area is 151 Å². The second kappa shape index (κ2) is 6.49. The number of nitrogens with one attached hydrogen (secondary N) is 1. The number of anilines is 1. The summed E-state index contributed by atoms with van der Waals surface area (Å²) < 4.78 is 6.75. The van der Waals surface area contributed by atoms with Gasteiger partial charge in [0, 0.05) is 28.1 Å². The number of hydrogen-bond donors (Lipinski definition) is 1. The largest absolute Gasteiger partial charge is 0.436 e. The molecule has 2 aromatic heterocycles. The van der Waals surface area contributed by atoms with Crippen LogP contribution in [0.15, 0.2) is 75.9 Å². The van der Waals surface area contributed by atoms with Crippen LogP contribution in [0.2, 0.25) is 0 Å². The smallest absolute Gasteiger partial charge is 0.257 e. The van der Waals surface area contributed by atoms with Crippen molar-refractivity contribution < 1.29 is 9.21 Å². The van der Waals surface area contributed by atoms with E-state index in [1.54, 1.807) is 36.5 Å². The van der Waals surface area contributed by atoms with Gasteiger partial charge in [0.2, 0.25) is 5.89 Å². The van der Waals surface area contributed by atoms with Crippen molar-refractivity contribution in [3.05, 3.63) is 77.0 Å². The maximum absolute atomic E-state index is 12.2. The highest BCUT2D eigenvalue weighted by molar-refractivity contribution is 9.10. The van der Waals surface area contributed by atoms with Gasteiger partial charge in [-0.15, -0.1) is 0 Å². The van der Waals surface area contributed by atoms with Crippen LogP contribution in [0.5, 0.6) is 0 Å². The molecule has 0 saturated carbocycles. The maximum Gasteiger partial charge on any atom is 0.257 e. The van der Waals surface area contributed by atoms with Crippen LogP contribution in [-0.2, 0) is 0 Å². The molecule has 25 heavy (non-hydrogen) atoms. The van der Waals surface area contributed by atoms with Crippen molar-refractivity contribution in [2.75, 3.05) is 5.32 Å². The van der Waals surface area contributed by atoms with Crippen molar-refractivity contribution in [1.82, 2.24) is 9.97 Å². The fourth-order valence-electron chi connectivity index (χ4n) is 2.45. The van der Waals surface area contributed by atoms with Gasteiger partial charge in [0.25, 0.3) is 5.91 Å². The van der Waals surface area contributed by atoms with Gasteiger partial charge >= 0.3 is 0 Å². The number of pyridine rings is 1. The van der Waals surface area contributed by atoms with Gasteiger partial charge in [-0.05, 0) is 48.5 Å². The Hall–Kier alpha value is -2.99. The lowest BCUT2D eigenvalue weighted by Gasteiger charge is -2.04. The topological polar surface area (TPSA) is 68.0 Å². The van der Waals surface area contributed by atoms with Crippen molar-refractivity contribution in [2.24, 2.45) is 0 Å². The number of amides is 1. The number of carbonyl (C=O) groups excluding carboxylic acids is 1. The number of fused-ring (bicyclic) bond motifs is 1. The number of nitrogens with zero attached hydrogens (tertiary/aromatic N) is 2. The number of rotatable bonds is 3. The minimum absolute atomic E-state index is 0.219. The lowest BCUT2D eigenvalue weighted by atomic mass is 10.2. The molecule has 0 aliphatic rings. The molecule has 4 aromatic rings. The minimum Gasteiger partial charge on any atom is -0.436 e. The van der Waals surface area contributed by atoms with Crippen LogP contribution >= 0.6 is 15.9 Å². The summed E-state index contributed by atoms with van der Waals surface area (Å²) in [6.07, 6.45) is 3.15. The third-order valence-electron chi connectivity index (χ3n) is 3.64. The molecule has 0 spiro atoms. The molecule has 1 N–H and O–H groups in total. The fraction of sp³-hybridized carbons (Fsp3) is 0. The number of aromatic nitrogens is 2. The van der Waals surface area contributed by atoms with Crippen LogP contribution in [0.1, 0.15) is 10.4 Å². The summed E-state index contributed by atoms with van der Waals surface area (Å²) in [5.74, 6) is 0.315. The van der Waals surface area contributed by atoms with E-state index in [0.29, 0.717) is 28.2 Å². The molecule has 0 fully saturated rings. The fourth-order valence-corrected chi connectivity index (χ4v) is 2.85. The molecule has 0 bridgehead atoms. The molecule has 6 heteroatoms. The predicted molar refractivity (Wildman–Crippen MR) is 99.3 cm³/mol. The van der Waals surface area contributed by atoms with E-state index in [2.05, 4.69) is 31.2 Å². The van der Waals surface area contributed by atoms with Gasteiger partial charge < -0.3 is 9.73 Å². The van der Waals surface area contributed by atoms with E-state index in [4.69, 9.17) is 4.42 Å². The van der Waals surface area contributed by atoms with Crippen LogP contribution in [0, 0.1) is 0 Å². The average Bonchev–Trinajstić information content (AvgIpc) is 3.06. The summed E-state index contributed by atoms with van der Waals surface area (Å²) in [5, 5.41) is 2.84. The van der Waals surface area contributed by atoms with Crippen molar-refractivity contribution in [2.45, 2.75) is 0 Å². The van der Waals surface area contributed by atoms with Gasteiger partial charge in [0.15, 0.2) is 5.58 Å². The molecule has 0 radical (unpaired) electrons. The Morgan fingerprint density at radius 2 is 2.00 bits per heavy atom. The lowest BCUT2D eigenvalue weighted by molar-refractivity contribution is 0.102. The first-order valence-corrected chi connectivity index (χ1v) is 8.36. The lowest BCUT2D eigenvalue weighted by Crippen LogP contribution is -2.11. The van der Waals surface area contributed by atoms with E-state index in [1.165, 1.54) is 6.20 Å². The molecular weight excluding hydrogens is 382 g/mol. The number of benzene rings is 2. The van der Waals surface area contributed by atoms with Crippen molar-refractivity contribution in [3.63, 3.8) is 0 Å². The van der Waals surface area contributed by atoms with E-state index in [1.807, 2.05) is 24.3 Å². The molecule has 2 aromatic carbocycles. The monoisotopic (exact) mass is 393 g/mol. The maximum atomic E-state index is 12.2. The normalized spacial score (nSPS) is 10.8. The van der Waals surface area contributed by atoms with Crippen LogP contribution in [0.3, 0.4) is 0 Å². The Morgan fingerprint density at radius 3 is 2.80 bits per heavy atom. The molecule has 0 saturated heterocycles. The van der Waals surface area contributed by atoms with E-state index in [0.717, 1.165) is 10.0 Å². The molecule has 4 rings (SSSR count). The second-order valence-corrected chi connectivity index (χ2v) is 6.32. The third kappa shape index (κ3) is 3.29. The molecule has 0 aliphatic carbocycles.